The smallest absolute Gasteiger partial charge is 0.306 e. The quantitative estimate of drug-likeness (QED) is 0.787. The highest BCUT2D eigenvalue weighted by Gasteiger charge is 2.08. The molecule has 0 unspecified atom stereocenters. The maximum atomic E-state index is 12.2. The Balaban J connectivity index is 1.77. The number of hydrogen-bond donors (Lipinski definition) is 1. The van der Waals surface area contributed by atoms with Gasteiger partial charge >= 0.3 is 6.03 Å². The largest absolute Gasteiger partial charge is 0.347 e. The van der Waals surface area contributed by atoms with Crippen molar-refractivity contribution in [1.82, 2.24) is 9.78 Å². The van der Waals surface area contributed by atoms with Crippen LogP contribution in [0.25, 0.3) is 12.2 Å². The first-order valence-corrected chi connectivity index (χ1v) is 7.33. The third kappa shape index (κ3) is 3.27. The van der Waals surface area contributed by atoms with E-state index >= 15 is 0 Å². The van der Waals surface area contributed by atoms with Crippen LogP contribution in [0.5, 0.6) is 0 Å². The minimum atomic E-state index is -0.281. The van der Waals surface area contributed by atoms with Crippen LogP contribution < -0.4 is 5.32 Å². The summed E-state index contributed by atoms with van der Waals surface area (Å²) in [6.45, 7) is 0. The Morgan fingerprint density at radius 2 is 1.95 bits per heavy atom. The molecule has 0 bridgehead atoms. The first-order chi connectivity index (χ1) is 10.3. The lowest BCUT2D eigenvalue weighted by molar-refractivity contribution is 0.251. The molecule has 0 saturated heterocycles. The van der Waals surface area contributed by atoms with Gasteiger partial charge in [0, 0.05) is 10.6 Å². The topological polar surface area (TPSA) is 46.9 Å². The molecule has 0 fully saturated rings. The van der Waals surface area contributed by atoms with Gasteiger partial charge in [0.2, 0.25) is 0 Å². The third-order valence-corrected chi connectivity index (χ3v) is 3.69. The van der Waals surface area contributed by atoms with Gasteiger partial charge in [-0.05, 0) is 41.8 Å². The molecule has 0 spiro atoms. The van der Waals surface area contributed by atoms with Crippen molar-refractivity contribution in [2.45, 2.75) is 0 Å². The molecule has 1 N–H and O–H groups in total. The molecule has 3 aromatic rings. The molecule has 104 valence electrons. The fourth-order valence-electron chi connectivity index (χ4n) is 1.86. The minimum Gasteiger partial charge on any atom is -0.306 e. The van der Waals surface area contributed by atoms with Gasteiger partial charge in [-0.3, -0.25) is 0 Å². The van der Waals surface area contributed by atoms with Crippen molar-refractivity contribution < 1.29 is 4.79 Å². The van der Waals surface area contributed by atoms with E-state index in [1.165, 1.54) is 4.68 Å². The number of amides is 1. The Kier molecular flexibility index (Phi) is 3.93. The Hall–Kier alpha value is -2.66. The molecule has 3 rings (SSSR count). The Morgan fingerprint density at radius 3 is 2.71 bits per heavy atom. The van der Waals surface area contributed by atoms with Crippen LogP contribution >= 0.6 is 11.3 Å². The molecule has 1 aromatic carbocycles. The average molecular weight is 295 g/mol. The van der Waals surface area contributed by atoms with E-state index in [2.05, 4.69) is 10.4 Å². The van der Waals surface area contributed by atoms with E-state index in [4.69, 9.17) is 0 Å². The summed E-state index contributed by atoms with van der Waals surface area (Å²) in [4.78, 5) is 13.3. The van der Waals surface area contributed by atoms with Crippen LogP contribution in [-0.2, 0) is 0 Å². The zero-order valence-corrected chi connectivity index (χ0v) is 12.0. The maximum absolute atomic E-state index is 12.2. The summed E-state index contributed by atoms with van der Waals surface area (Å²) in [7, 11) is 0. The monoisotopic (exact) mass is 295 g/mol. The molecule has 21 heavy (non-hydrogen) atoms. The van der Waals surface area contributed by atoms with Crippen molar-refractivity contribution in [2.24, 2.45) is 0 Å². The number of hydrogen-bond acceptors (Lipinski definition) is 3. The van der Waals surface area contributed by atoms with Gasteiger partial charge in [-0.15, -0.1) is 11.3 Å². The molecule has 0 atom stereocenters. The number of nitrogens with one attached hydrogen (secondary N) is 1. The fraction of sp³-hybridized carbons (Fsp3) is 0. The molecule has 0 aliphatic carbocycles. The SMILES string of the molecule is O=C(Nc1ccccc1)n1nccc1C=Cc1cccs1. The third-order valence-electron chi connectivity index (χ3n) is 2.85. The second-order valence-electron chi connectivity index (χ2n) is 4.31. The van der Waals surface area contributed by atoms with Crippen LogP contribution in [0.15, 0.2) is 60.1 Å². The van der Waals surface area contributed by atoms with Crippen molar-refractivity contribution in [3.63, 3.8) is 0 Å². The summed E-state index contributed by atoms with van der Waals surface area (Å²) in [6, 6.07) is 14.8. The van der Waals surface area contributed by atoms with Crippen LogP contribution in [0.4, 0.5) is 10.5 Å². The Labute approximate surface area is 126 Å². The molecule has 4 nitrogen and oxygen atoms in total. The van der Waals surface area contributed by atoms with Crippen molar-refractivity contribution in [3.8, 4) is 0 Å². The van der Waals surface area contributed by atoms with Crippen molar-refractivity contribution in [2.75, 3.05) is 5.32 Å². The summed E-state index contributed by atoms with van der Waals surface area (Å²) in [6.07, 6.45) is 5.45. The molecule has 5 heteroatoms. The minimum absolute atomic E-state index is 0.281. The summed E-state index contributed by atoms with van der Waals surface area (Å²) in [5, 5.41) is 8.89. The number of rotatable bonds is 3. The normalized spacial score (nSPS) is 10.9. The lowest BCUT2D eigenvalue weighted by Crippen LogP contribution is -2.21. The lowest BCUT2D eigenvalue weighted by atomic mass is 10.3. The van der Waals surface area contributed by atoms with E-state index in [0.717, 1.165) is 16.3 Å². The lowest BCUT2D eigenvalue weighted by Gasteiger charge is -2.06. The molecule has 0 saturated carbocycles. The molecule has 1 amide bonds. The maximum Gasteiger partial charge on any atom is 0.347 e. The number of carbonyl (C=O) groups excluding carboxylic acids is 1. The van der Waals surface area contributed by atoms with Gasteiger partial charge in [0.25, 0.3) is 0 Å². The van der Waals surface area contributed by atoms with Crippen LogP contribution in [0, 0.1) is 0 Å². The van der Waals surface area contributed by atoms with Gasteiger partial charge in [0.15, 0.2) is 0 Å². The van der Waals surface area contributed by atoms with E-state index < -0.39 is 0 Å². The van der Waals surface area contributed by atoms with Crippen molar-refractivity contribution in [1.29, 1.82) is 0 Å². The predicted molar refractivity (Wildman–Crippen MR) is 86.3 cm³/mol. The molecule has 0 radical (unpaired) electrons. The first-order valence-electron chi connectivity index (χ1n) is 6.45. The van der Waals surface area contributed by atoms with Crippen molar-refractivity contribution >= 4 is 35.2 Å². The zero-order valence-electron chi connectivity index (χ0n) is 11.1. The zero-order chi connectivity index (χ0) is 14.5. The number of anilines is 1. The van der Waals surface area contributed by atoms with E-state index in [9.17, 15) is 4.79 Å². The van der Waals surface area contributed by atoms with Crippen LogP contribution in [0.2, 0.25) is 0 Å². The second-order valence-corrected chi connectivity index (χ2v) is 5.29. The number of para-hydroxylation sites is 1. The summed E-state index contributed by atoms with van der Waals surface area (Å²) in [5.41, 5.74) is 1.48. The molecule has 0 aliphatic rings. The van der Waals surface area contributed by atoms with Gasteiger partial charge in [-0.1, -0.05) is 24.3 Å². The number of nitrogens with zero attached hydrogens (tertiary/aromatic N) is 2. The number of aromatic nitrogens is 2. The van der Waals surface area contributed by atoms with Crippen LogP contribution in [-0.4, -0.2) is 15.8 Å². The van der Waals surface area contributed by atoms with E-state index in [-0.39, 0.29) is 6.03 Å². The standard InChI is InChI=1S/C16H13N3OS/c20-16(18-13-5-2-1-3-6-13)19-14(10-11-17-19)8-9-15-7-4-12-21-15/h1-12H,(H,18,20). The average Bonchev–Trinajstić information content (AvgIpc) is 3.17. The van der Waals surface area contributed by atoms with Gasteiger partial charge in [-0.2, -0.15) is 9.78 Å². The van der Waals surface area contributed by atoms with Gasteiger partial charge in [0.05, 0.1) is 11.9 Å². The Morgan fingerprint density at radius 1 is 1.10 bits per heavy atom. The second kappa shape index (κ2) is 6.19. The number of benzene rings is 1. The first kappa shape index (κ1) is 13.3. The van der Waals surface area contributed by atoms with Gasteiger partial charge in [-0.25, -0.2) is 4.79 Å². The highest BCUT2D eigenvalue weighted by atomic mass is 32.1. The van der Waals surface area contributed by atoms with Gasteiger partial charge < -0.3 is 5.32 Å². The number of thiophene rings is 1. The van der Waals surface area contributed by atoms with Crippen LogP contribution in [0.1, 0.15) is 10.6 Å². The highest BCUT2D eigenvalue weighted by Crippen LogP contribution is 2.13. The van der Waals surface area contributed by atoms with Gasteiger partial charge in [0.1, 0.15) is 0 Å². The molecular formula is C16H13N3OS. The van der Waals surface area contributed by atoms with E-state index in [1.807, 2.05) is 60.0 Å². The fourth-order valence-corrected chi connectivity index (χ4v) is 2.48. The summed E-state index contributed by atoms with van der Waals surface area (Å²) < 4.78 is 1.34. The molecule has 0 aliphatic heterocycles. The predicted octanol–water partition coefficient (Wildman–Crippen LogP) is 4.20. The number of carbonyl (C=O) groups is 1. The molecule has 2 heterocycles. The highest BCUT2D eigenvalue weighted by molar-refractivity contribution is 7.10. The summed E-state index contributed by atoms with van der Waals surface area (Å²) >= 11 is 1.64. The van der Waals surface area contributed by atoms with E-state index in [1.54, 1.807) is 23.6 Å². The summed E-state index contributed by atoms with van der Waals surface area (Å²) in [5.74, 6) is 0. The molecular weight excluding hydrogens is 282 g/mol. The van der Waals surface area contributed by atoms with Crippen LogP contribution in [0.3, 0.4) is 0 Å². The Bertz CT molecular complexity index is 745. The van der Waals surface area contributed by atoms with Crippen molar-refractivity contribution in [3.05, 3.63) is 70.7 Å². The van der Waals surface area contributed by atoms with E-state index in [0.29, 0.717) is 0 Å². The molecule has 2 aromatic heterocycles.